The lowest BCUT2D eigenvalue weighted by atomic mass is 9.64. The number of rotatable bonds is 16. The Kier molecular flexibility index (Phi) is 13.5. The summed E-state index contributed by atoms with van der Waals surface area (Å²) in [6, 6.07) is 36.3. The van der Waals surface area contributed by atoms with Crippen LogP contribution in [-0.4, -0.2) is 58.0 Å². The van der Waals surface area contributed by atoms with Crippen molar-refractivity contribution >= 4 is 0 Å². The van der Waals surface area contributed by atoms with Crippen molar-refractivity contribution in [3.05, 3.63) is 136 Å². The van der Waals surface area contributed by atoms with Gasteiger partial charge in [-0.05, 0) is 67.3 Å². The van der Waals surface area contributed by atoms with E-state index in [4.69, 9.17) is 24.1 Å². The Morgan fingerprint density at radius 2 is 0.620 bits per heavy atom. The Labute approximate surface area is 302 Å². The molecule has 1 N–H and O–H groups in total. The lowest BCUT2D eigenvalue weighted by Crippen LogP contribution is -2.31. The van der Waals surface area contributed by atoms with Crippen LogP contribution >= 0.6 is 0 Å². The lowest BCUT2D eigenvalue weighted by Gasteiger charge is -2.38. The topological polar surface area (TPSA) is 57.2 Å². The van der Waals surface area contributed by atoms with Gasteiger partial charge in [0, 0.05) is 0 Å². The first-order valence-electron chi connectivity index (χ1n) is 18.1. The second-order valence-electron chi connectivity index (χ2n) is 16.2. The molecule has 0 bridgehead atoms. The highest BCUT2D eigenvalue weighted by atomic mass is 16.6. The molecule has 4 rings (SSSR count). The van der Waals surface area contributed by atoms with Crippen molar-refractivity contribution in [2.75, 3.05) is 52.9 Å². The summed E-state index contributed by atoms with van der Waals surface area (Å²) in [7, 11) is 0. The quantitative estimate of drug-likeness (QED) is 0.0944. The summed E-state index contributed by atoms with van der Waals surface area (Å²) in [5.41, 5.74) is 8.37. The SMILES string of the molecule is CC(C)(C)c1ccc(C(c2ccc(OCCOCCOCCOCCO)cc2)(c2ccc(C(C)(C)C)cc2)c2ccc(C(C)(C)C)cc2)cc1. The van der Waals surface area contributed by atoms with Gasteiger partial charge in [-0.25, -0.2) is 0 Å². The summed E-state index contributed by atoms with van der Waals surface area (Å²) in [6.07, 6.45) is 0. The molecule has 4 aromatic rings. The van der Waals surface area contributed by atoms with Crippen LogP contribution in [0.15, 0.2) is 97.1 Å². The third-order valence-electron chi connectivity index (χ3n) is 9.32. The number of ether oxygens (including phenoxy) is 4. The van der Waals surface area contributed by atoms with Crippen molar-refractivity contribution < 1.29 is 24.1 Å². The minimum absolute atomic E-state index is 0.0229. The highest BCUT2D eigenvalue weighted by Gasteiger charge is 2.39. The lowest BCUT2D eigenvalue weighted by molar-refractivity contribution is 0.00361. The molecule has 0 fully saturated rings. The van der Waals surface area contributed by atoms with Gasteiger partial charge in [-0.2, -0.15) is 0 Å². The molecule has 0 atom stereocenters. The molecule has 0 spiro atoms. The maximum Gasteiger partial charge on any atom is 0.119 e. The highest BCUT2D eigenvalue weighted by Crippen LogP contribution is 2.47. The summed E-state index contributed by atoms with van der Waals surface area (Å²) >= 11 is 0. The van der Waals surface area contributed by atoms with E-state index in [2.05, 4.69) is 159 Å². The first kappa shape index (κ1) is 39.3. The molecule has 5 nitrogen and oxygen atoms in total. The number of aliphatic hydroxyl groups is 1. The van der Waals surface area contributed by atoms with E-state index >= 15 is 0 Å². The zero-order valence-corrected chi connectivity index (χ0v) is 32.0. The van der Waals surface area contributed by atoms with E-state index in [1.807, 2.05) is 0 Å². The van der Waals surface area contributed by atoms with E-state index < -0.39 is 5.41 Å². The summed E-state index contributed by atoms with van der Waals surface area (Å²) in [5, 5.41) is 8.76. The van der Waals surface area contributed by atoms with Crippen LogP contribution in [0.3, 0.4) is 0 Å². The molecule has 0 unspecified atom stereocenters. The van der Waals surface area contributed by atoms with E-state index in [0.29, 0.717) is 46.2 Å². The van der Waals surface area contributed by atoms with Crippen molar-refractivity contribution in [1.29, 1.82) is 0 Å². The zero-order chi connectivity index (χ0) is 36.4. The minimum atomic E-state index is -0.561. The number of hydrogen-bond donors (Lipinski definition) is 1. The Morgan fingerprint density at radius 3 is 0.920 bits per heavy atom. The van der Waals surface area contributed by atoms with E-state index in [1.165, 1.54) is 38.9 Å². The molecule has 0 aliphatic rings. The van der Waals surface area contributed by atoms with Gasteiger partial charge in [-0.3, -0.25) is 0 Å². The van der Waals surface area contributed by atoms with Gasteiger partial charge in [0.1, 0.15) is 12.4 Å². The molecule has 0 saturated carbocycles. The van der Waals surface area contributed by atoms with E-state index in [-0.39, 0.29) is 22.9 Å². The van der Waals surface area contributed by atoms with Crippen LogP contribution in [0.1, 0.15) is 101 Å². The van der Waals surface area contributed by atoms with Crippen LogP contribution in [0.5, 0.6) is 5.75 Å². The van der Waals surface area contributed by atoms with E-state index in [1.54, 1.807) is 0 Å². The predicted octanol–water partition coefficient (Wildman–Crippen LogP) is 9.38. The number of aliphatic hydroxyl groups excluding tert-OH is 1. The second kappa shape index (κ2) is 17.2. The zero-order valence-electron chi connectivity index (χ0n) is 32.0. The molecule has 0 amide bonds. The average Bonchev–Trinajstić information content (AvgIpc) is 3.08. The predicted molar refractivity (Wildman–Crippen MR) is 206 cm³/mol. The van der Waals surface area contributed by atoms with E-state index in [0.717, 1.165) is 5.75 Å². The molecular formula is C45H60O5. The first-order valence-corrected chi connectivity index (χ1v) is 18.1. The molecule has 0 saturated heterocycles. The van der Waals surface area contributed by atoms with Gasteiger partial charge in [0.05, 0.1) is 51.7 Å². The summed E-state index contributed by atoms with van der Waals surface area (Å²) in [6.45, 7) is 23.6. The molecule has 5 heteroatoms. The third-order valence-corrected chi connectivity index (χ3v) is 9.32. The average molecular weight is 681 g/mol. The molecule has 4 aromatic carbocycles. The summed E-state index contributed by atoms with van der Waals surface area (Å²) < 4.78 is 22.5. The molecular weight excluding hydrogens is 620 g/mol. The molecule has 270 valence electrons. The Bertz CT molecular complexity index is 1430. The Balaban J connectivity index is 1.68. The van der Waals surface area contributed by atoms with Gasteiger partial charge in [-0.1, -0.05) is 147 Å². The molecule has 0 radical (unpaired) electrons. The number of benzene rings is 4. The third kappa shape index (κ3) is 10.1. The van der Waals surface area contributed by atoms with Gasteiger partial charge in [-0.15, -0.1) is 0 Å². The van der Waals surface area contributed by atoms with Gasteiger partial charge < -0.3 is 24.1 Å². The van der Waals surface area contributed by atoms with Crippen LogP contribution in [0.2, 0.25) is 0 Å². The summed E-state index contributed by atoms with van der Waals surface area (Å²) in [5.74, 6) is 0.803. The minimum Gasteiger partial charge on any atom is -0.491 e. The number of hydrogen-bond acceptors (Lipinski definition) is 5. The highest BCUT2D eigenvalue weighted by molar-refractivity contribution is 5.61. The largest absolute Gasteiger partial charge is 0.491 e. The van der Waals surface area contributed by atoms with Crippen LogP contribution in [0.25, 0.3) is 0 Å². The van der Waals surface area contributed by atoms with Gasteiger partial charge >= 0.3 is 0 Å². The fraction of sp³-hybridized carbons (Fsp3) is 0.467. The maximum absolute atomic E-state index is 8.76. The van der Waals surface area contributed by atoms with Crippen LogP contribution < -0.4 is 4.74 Å². The second-order valence-corrected chi connectivity index (χ2v) is 16.2. The molecule has 0 heterocycles. The monoisotopic (exact) mass is 680 g/mol. The van der Waals surface area contributed by atoms with Crippen LogP contribution in [0.4, 0.5) is 0 Å². The van der Waals surface area contributed by atoms with Crippen molar-refractivity contribution in [3.8, 4) is 5.75 Å². The van der Waals surface area contributed by atoms with Crippen LogP contribution in [0, 0.1) is 0 Å². The van der Waals surface area contributed by atoms with Crippen LogP contribution in [-0.2, 0) is 35.9 Å². The molecule has 0 aliphatic carbocycles. The van der Waals surface area contributed by atoms with Crippen molar-refractivity contribution in [3.63, 3.8) is 0 Å². The van der Waals surface area contributed by atoms with E-state index in [9.17, 15) is 0 Å². The molecule has 50 heavy (non-hydrogen) atoms. The molecule has 0 aromatic heterocycles. The Morgan fingerprint density at radius 1 is 0.360 bits per heavy atom. The molecule has 0 aliphatic heterocycles. The van der Waals surface area contributed by atoms with Crippen molar-refractivity contribution in [2.45, 2.75) is 84.0 Å². The maximum atomic E-state index is 8.76. The normalized spacial score (nSPS) is 12.7. The first-order chi connectivity index (χ1) is 23.7. The summed E-state index contributed by atoms with van der Waals surface area (Å²) in [4.78, 5) is 0. The van der Waals surface area contributed by atoms with Crippen molar-refractivity contribution in [1.82, 2.24) is 0 Å². The fourth-order valence-corrected chi connectivity index (χ4v) is 6.29. The Hall–Kier alpha value is -3.48. The van der Waals surface area contributed by atoms with Gasteiger partial charge in [0.15, 0.2) is 0 Å². The van der Waals surface area contributed by atoms with Gasteiger partial charge in [0.25, 0.3) is 0 Å². The standard InChI is InChI=1S/C45H60O5/c1-42(2,3)34-10-16-37(17-11-34)45(38-18-12-35(13-19-38)43(4,5)6,39-20-14-36(15-21-39)44(7,8)9)40-22-24-41(25-23-40)50-33-32-49-31-30-48-29-28-47-27-26-46/h10-25,46H,26-33H2,1-9H3. The van der Waals surface area contributed by atoms with Crippen molar-refractivity contribution in [2.24, 2.45) is 0 Å². The smallest absolute Gasteiger partial charge is 0.119 e. The fourth-order valence-electron chi connectivity index (χ4n) is 6.29. The van der Waals surface area contributed by atoms with Gasteiger partial charge in [0.2, 0.25) is 0 Å².